The molecule has 302 valence electrons. The number of rotatable bonds is 29. The predicted molar refractivity (Wildman–Crippen MR) is 213 cm³/mol. The lowest BCUT2D eigenvalue weighted by Crippen LogP contribution is -2.38. The molecule has 2 bridgehead atoms. The summed E-state index contributed by atoms with van der Waals surface area (Å²) >= 11 is 0. The van der Waals surface area contributed by atoms with E-state index in [9.17, 15) is 14.7 Å². The van der Waals surface area contributed by atoms with Gasteiger partial charge < -0.3 is 24.1 Å². The zero-order valence-corrected chi connectivity index (χ0v) is 35.1. The topological polar surface area (TPSA) is 91.3 Å². The molecule has 2 rings (SSSR count). The normalized spacial score (nSPS) is 22.7. The lowest BCUT2D eigenvalue weighted by Gasteiger charge is -2.38. The number of esters is 2. The minimum atomic E-state index is -0.391. The number of ether oxygens (including phenoxy) is 4. The molecule has 0 radical (unpaired) electrons. The Kier molecular flexibility index (Phi) is 22.0. The number of carbonyl (C=O) groups excluding carboxylic acids is 2. The summed E-state index contributed by atoms with van der Waals surface area (Å²) in [4.78, 5) is 25.1. The Morgan fingerprint density at radius 3 is 1.83 bits per heavy atom. The summed E-state index contributed by atoms with van der Waals surface area (Å²) in [5.74, 6) is 1.49. The fourth-order valence-electron chi connectivity index (χ4n) is 8.10. The molecule has 7 heteroatoms. The van der Waals surface area contributed by atoms with Gasteiger partial charge in [-0.05, 0) is 134 Å². The summed E-state index contributed by atoms with van der Waals surface area (Å²) in [7, 11) is 0. The van der Waals surface area contributed by atoms with Gasteiger partial charge in [0, 0.05) is 31.5 Å². The van der Waals surface area contributed by atoms with Gasteiger partial charge in [0.1, 0.15) is 6.10 Å². The number of aliphatic hydroxyl groups excluding tert-OH is 1. The molecular weight excluding hydrogens is 652 g/mol. The van der Waals surface area contributed by atoms with Gasteiger partial charge in [-0.3, -0.25) is 9.59 Å². The molecule has 6 atom stereocenters. The molecule has 0 spiro atoms. The SMILES string of the molecule is CC(C)=CCCC(C)CCOC(CCC(=O)OCCCCCCC(O)CCCC(=O)OC1CC2CCC1(C)C2(C)C)OCCC(C)CCC=C(C)C. The lowest BCUT2D eigenvalue weighted by atomic mass is 9.70. The van der Waals surface area contributed by atoms with Crippen LogP contribution in [0.5, 0.6) is 0 Å². The van der Waals surface area contributed by atoms with E-state index in [0.717, 1.165) is 83.5 Å². The number of hydrogen-bond acceptors (Lipinski definition) is 7. The van der Waals surface area contributed by atoms with E-state index in [2.05, 4.69) is 74.5 Å². The zero-order valence-electron chi connectivity index (χ0n) is 35.1. The second-order valence-corrected chi connectivity index (χ2v) is 17.8. The molecule has 52 heavy (non-hydrogen) atoms. The fourth-order valence-corrected chi connectivity index (χ4v) is 8.10. The Morgan fingerprint density at radius 1 is 0.712 bits per heavy atom. The summed E-state index contributed by atoms with van der Waals surface area (Å²) in [5, 5.41) is 10.4. The van der Waals surface area contributed by atoms with Crippen molar-refractivity contribution in [3.63, 3.8) is 0 Å². The monoisotopic (exact) mass is 733 g/mol. The van der Waals surface area contributed by atoms with Gasteiger partial charge in [0.2, 0.25) is 0 Å². The Balaban J connectivity index is 1.56. The zero-order chi connectivity index (χ0) is 38.6. The Hall–Kier alpha value is -1.70. The number of aliphatic hydroxyl groups is 1. The average Bonchev–Trinajstić information content (AvgIpc) is 3.40. The molecule has 0 aromatic heterocycles. The van der Waals surface area contributed by atoms with Crippen LogP contribution in [0.2, 0.25) is 0 Å². The van der Waals surface area contributed by atoms with Gasteiger partial charge in [-0.25, -0.2) is 0 Å². The quantitative estimate of drug-likeness (QED) is 0.0354. The minimum absolute atomic E-state index is 0.0381. The smallest absolute Gasteiger partial charge is 0.306 e. The van der Waals surface area contributed by atoms with Gasteiger partial charge in [0.15, 0.2) is 6.29 Å². The molecule has 0 heterocycles. The second kappa shape index (κ2) is 24.7. The molecule has 2 saturated carbocycles. The average molecular weight is 733 g/mol. The molecule has 0 aromatic carbocycles. The largest absolute Gasteiger partial charge is 0.466 e. The van der Waals surface area contributed by atoms with Gasteiger partial charge in [0.25, 0.3) is 0 Å². The van der Waals surface area contributed by atoms with Crippen molar-refractivity contribution in [2.45, 2.75) is 203 Å². The van der Waals surface area contributed by atoms with Crippen LogP contribution in [-0.2, 0) is 28.5 Å². The summed E-state index contributed by atoms with van der Waals surface area (Å²) in [5.41, 5.74) is 3.05. The molecule has 2 fully saturated rings. The van der Waals surface area contributed by atoms with E-state index in [1.165, 1.54) is 17.6 Å². The highest BCUT2D eigenvalue weighted by molar-refractivity contribution is 5.69. The first-order chi connectivity index (χ1) is 24.6. The highest BCUT2D eigenvalue weighted by atomic mass is 16.7. The first-order valence-corrected chi connectivity index (χ1v) is 21.2. The van der Waals surface area contributed by atoms with Crippen LogP contribution in [0, 0.1) is 28.6 Å². The third-order valence-corrected chi connectivity index (χ3v) is 12.4. The molecule has 1 N–H and O–H groups in total. The molecule has 0 aromatic rings. The van der Waals surface area contributed by atoms with Crippen molar-refractivity contribution < 1.29 is 33.6 Å². The van der Waals surface area contributed by atoms with E-state index in [1.807, 2.05) is 0 Å². The molecular formula is C45H80O7. The third-order valence-electron chi connectivity index (χ3n) is 12.4. The minimum Gasteiger partial charge on any atom is -0.466 e. The van der Waals surface area contributed by atoms with Gasteiger partial charge >= 0.3 is 11.9 Å². The van der Waals surface area contributed by atoms with Crippen LogP contribution in [0.3, 0.4) is 0 Å². The van der Waals surface area contributed by atoms with Gasteiger partial charge in [-0.1, -0.05) is 77.2 Å². The van der Waals surface area contributed by atoms with E-state index in [0.29, 0.717) is 63.3 Å². The second-order valence-electron chi connectivity index (χ2n) is 17.8. The molecule has 2 aliphatic carbocycles. The van der Waals surface area contributed by atoms with Crippen LogP contribution in [0.4, 0.5) is 0 Å². The first-order valence-electron chi connectivity index (χ1n) is 21.2. The maximum absolute atomic E-state index is 12.6. The number of allylic oxidation sites excluding steroid dienone is 4. The number of fused-ring (bicyclic) bond motifs is 2. The Bertz CT molecular complexity index is 1040. The highest BCUT2D eigenvalue weighted by Gasteiger charge is 2.62. The number of hydrogen-bond donors (Lipinski definition) is 1. The van der Waals surface area contributed by atoms with Crippen LogP contribution in [-0.4, -0.2) is 55.4 Å². The third kappa shape index (κ3) is 17.6. The first kappa shape index (κ1) is 46.5. The van der Waals surface area contributed by atoms with E-state index in [-0.39, 0.29) is 35.3 Å². The maximum atomic E-state index is 12.6. The summed E-state index contributed by atoms with van der Waals surface area (Å²) < 4.78 is 23.8. The molecule has 2 aliphatic rings. The van der Waals surface area contributed by atoms with Crippen LogP contribution >= 0.6 is 0 Å². The van der Waals surface area contributed by atoms with E-state index < -0.39 is 12.4 Å². The standard InChI is InChI=1S/C45H80O7/c1-34(2)17-14-19-36(5)27-31-50-43(51-32-28-37(6)20-15-18-35(3)4)25-24-41(47)49-30-13-11-10-12-21-39(46)22-16-23-42(48)52-40-33-38-26-29-45(40,9)44(38,7)8/h17-18,36-40,43,46H,10-16,19-33H2,1-9H3. The van der Waals surface area contributed by atoms with Crippen LogP contribution < -0.4 is 0 Å². The molecule has 0 amide bonds. The van der Waals surface area contributed by atoms with Gasteiger partial charge in [-0.2, -0.15) is 0 Å². The van der Waals surface area contributed by atoms with Crippen molar-refractivity contribution in [1.29, 1.82) is 0 Å². The van der Waals surface area contributed by atoms with E-state index in [4.69, 9.17) is 18.9 Å². The predicted octanol–water partition coefficient (Wildman–Crippen LogP) is 11.5. The van der Waals surface area contributed by atoms with Crippen molar-refractivity contribution >= 4 is 11.9 Å². The van der Waals surface area contributed by atoms with Gasteiger partial charge in [-0.15, -0.1) is 0 Å². The lowest BCUT2D eigenvalue weighted by molar-refractivity contribution is -0.161. The van der Waals surface area contributed by atoms with Crippen molar-refractivity contribution in [1.82, 2.24) is 0 Å². The maximum Gasteiger partial charge on any atom is 0.306 e. The van der Waals surface area contributed by atoms with Crippen LogP contribution in [0.1, 0.15) is 184 Å². The molecule has 0 aliphatic heterocycles. The number of carbonyl (C=O) groups is 2. The summed E-state index contributed by atoms with van der Waals surface area (Å²) in [6.07, 6.45) is 20.5. The van der Waals surface area contributed by atoms with Crippen molar-refractivity contribution in [3.8, 4) is 0 Å². The highest BCUT2D eigenvalue weighted by Crippen LogP contribution is 2.66. The molecule has 7 nitrogen and oxygen atoms in total. The van der Waals surface area contributed by atoms with Crippen molar-refractivity contribution in [3.05, 3.63) is 23.3 Å². The molecule has 0 saturated heterocycles. The Labute approximate surface area is 319 Å². The van der Waals surface area contributed by atoms with E-state index >= 15 is 0 Å². The Morgan fingerprint density at radius 2 is 1.29 bits per heavy atom. The van der Waals surface area contributed by atoms with Crippen LogP contribution in [0.25, 0.3) is 0 Å². The fraction of sp³-hybridized carbons (Fsp3) is 0.867. The van der Waals surface area contributed by atoms with Gasteiger partial charge in [0.05, 0.1) is 19.1 Å². The summed E-state index contributed by atoms with van der Waals surface area (Å²) in [6.45, 7) is 21.7. The van der Waals surface area contributed by atoms with E-state index in [1.54, 1.807) is 0 Å². The van der Waals surface area contributed by atoms with Crippen LogP contribution in [0.15, 0.2) is 23.3 Å². The van der Waals surface area contributed by atoms with Crippen molar-refractivity contribution in [2.24, 2.45) is 28.6 Å². The molecule has 6 unspecified atom stereocenters. The number of unbranched alkanes of at least 4 members (excludes halogenated alkanes) is 3. The summed E-state index contributed by atoms with van der Waals surface area (Å²) in [6, 6.07) is 0. The van der Waals surface area contributed by atoms with Crippen molar-refractivity contribution in [2.75, 3.05) is 19.8 Å².